The number of carbonyl (C=O) groups excluding carboxylic acids is 3. The Balaban J connectivity index is 1.25. The van der Waals surface area contributed by atoms with Gasteiger partial charge in [-0.25, -0.2) is 9.89 Å². The fourth-order valence-electron chi connectivity index (χ4n) is 4.93. The van der Waals surface area contributed by atoms with Crippen LogP contribution < -0.4 is 15.4 Å². The van der Waals surface area contributed by atoms with E-state index in [2.05, 4.69) is 10.6 Å². The number of rotatable bonds is 11. The molecule has 0 aromatic heterocycles. The Hall–Kier alpha value is -4.44. The number of thioether (sulfide) groups is 1. The van der Waals surface area contributed by atoms with Gasteiger partial charge in [0.15, 0.2) is 5.17 Å². The lowest BCUT2D eigenvalue weighted by Gasteiger charge is -2.27. The third-order valence-electron chi connectivity index (χ3n) is 7.36. The van der Waals surface area contributed by atoms with E-state index in [9.17, 15) is 14.4 Å². The first kappa shape index (κ1) is 30.0. The minimum atomic E-state index is -0.723. The number of benzene rings is 3. The number of hydrogen-bond donors (Lipinski definition) is 2. The number of methoxy groups -OCH3 is 1. The Labute approximate surface area is 255 Å². The van der Waals surface area contributed by atoms with Crippen molar-refractivity contribution >= 4 is 46.2 Å². The summed E-state index contributed by atoms with van der Waals surface area (Å²) in [5, 5.41) is 5.89. The van der Waals surface area contributed by atoms with Crippen LogP contribution in [0.1, 0.15) is 48.4 Å². The molecule has 0 radical (unpaired) electrons. The second-order valence-corrected chi connectivity index (χ2v) is 11.6. The third kappa shape index (κ3) is 6.97. The van der Waals surface area contributed by atoms with Gasteiger partial charge in [-0.1, -0.05) is 78.8 Å². The first-order chi connectivity index (χ1) is 20.9. The maximum absolute atomic E-state index is 13.7. The number of nitrogens with zero attached hydrogens (tertiary/aromatic N) is 3. The predicted octanol–water partition coefficient (Wildman–Crippen LogP) is 4.89. The molecule has 0 saturated carbocycles. The first-order valence-electron chi connectivity index (χ1n) is 14.4. The highest BCUT2D eigenvalue weighted by atomic mass is 32.2. The standard InChI is InChI=1S/C33H35N5O4S/c1-4-28(31(40)35-19-22-15-13-21(2)14-16-22)43-33-37-25-11-7-6-10-24(25)30-36-26(32(41)38(30)33)17-18-29(39)34-20-23-9-5-8-12-27(23)42-3/h5-16,26,28H,4,17-20H2,1-3H3,(H,34,39)(H,35,40). The number of ether oxygens (including phenoxy) is 1. The minimum Gasteiger partial charge on any atom is -0.496 e. The zero-order valence-electron chi connectivity index (χ0n) is 24.5. The van der Waals surface area contributed by atoms with E-state index in [-0.39, 0.29) is 30.6 Å². The van der Waals surface area contributed by atoms with Crippen LogP contribution in [-0.2, 0) is 27.5 Å². The van der Waals surface area contributed by atoms with Crippen molar-refractivity contribution in [1.82, 2.24) is 15.5 Å². The molecular formula is C33H35N5O4S. The maximum atomic E-state index is 13.7. The van der Waals surface area contributed by atoms with E-state index >= 15 is 0 Å². The fraction of sp³-hybridized carbons (Fsp3) is 0.303. The monoisotopic (exact) mass is 597 g/mol. The normalized spacial score (nSPS) is 16.0. The third-order valence-corrected chi connectivity index (χ3v) is 8.68. The highest BCUT2D eigenvalue weighted by Crippen LogP contribution is 2.36. The molecule has 2 aliphatic rings. The van der Waals surface area contributed by atoms with Crippen molar-refractivity contribution in [2.75, 3.05) is 7.11 Å². The number of amides is 3. The van der Waals surface area contributed by atoms with E-state index in [4.69, 9.17) is 14.7 Å². The summed E-state index contributed by atoms with van der Waals surface area (Å²) >= 11 is 1.26. The zero-order valence-corrected chi connectivity index (χ0v) is 25.3. The second-order valence-electron chi connectivity index (χ2n) is 10.4. The van der Waals surface area contributed by atoms with Gasteiger partial charge in [0.2, 0.25) is 11.8 Å². The number of aryl methyl sites for hydroxylation is 1. The van der Waals surface area contributed by atoms with Gasteiger partial charge in [-0.2, -0.15) is 0 Å². The van der Waals surface area contributed by atoms with E-state index in [0.29, 0.717) is 42.0 Å². The molecule has 222 valence electrons. The van der Waals surface area contributed by atoms with E-state index in [1.54, 1.807) is 7.11 Å². The quantitative estimate of drug-likeness (QED) is 0.327. The molecule has 0 aliphatic carbocycles. The van der Waals surface area contributed by atoms with Gasteiger partial charge in [-0.3, -0.25) is 19.4 Å². The number of nitrogens with one attached hydrogen (secondary N) is 2. The van der Waals surface area contributed by atoms with Gasteiger partial charge in [0, 0.05) is 30.6 Å². The summed E-state index contributed by atoms with van der Waals surface area (Å²) in [6.07, 6.45) is 0.941. The smallest absolute Gasteiger partial charge is 0.259 e. The minimum absolute atomic E-state index is 0.122. The molecule has 0 fully saturated rings. The van der Waals surface area contributed by atoms with Crippen molar-refractivity contribution in [2.24, 2.45) is 9.98 Å². The van der Waals surface area contributed by atoms with Crippen LogP contribution in [0.25, 0.3) is 0 Å². The molecule has 2 aliphatic heterocycles. The topological polar surface area (TPSA) is 112 Å². The molecule has 2 N–H and O–H groups in total. The van der Waals surface area contributed by atoms with Gasteiger partial charge < -0.3 is 15.4 Å². The van der Waals surface area contributed by atoms with Gasteiger partial charge in [-0.15, -0.1) is 0 Å². The van der Waals surface area contributed by atoms with Gasteiger partial charge >= 0.3 is 0 Å². The number of amidine groups is 2. The molecule has 3 amide bonds. The van der Waals surface area contributed by atoms with Crippen LogP contribution in [0.3, 0.4) is 0 Å². The number of fused-ring (bicyclic) bond motifs is 3. The van der Waals surface area contributed by atoms with Crippen molar-refractivity contribution in [1.29, 1.82) is 0 Å². The lowest BCUT2D eigenvalue weighted by atomic mass is 10.1. The van der Waals surface area contributed by atoms with E-state index in [0.717, 1.165) is 22.3 Å². The highest BCUT2D eigenvalue weighted by molar-refractivity contribution is 8.15. The largest absolute Gasteiger partial charge is 0.496 e. The Morgan fingerprint density at radius 1 is 1.00 bits per heavy atom. The van der Waals surface area contributed by atoms with Crippen LogP contribution in [0.2, 0.25) is 0 Å². The molecule has 3 aromatic carbocycles. The Morgan fingerprint density at radius 3 is 2.51 bits per heavy atom. The second kappa shape index (κ2) is 13.7. The van der Waals surface area contributed by atoms with Crippen molar-refractivity contribution in [3.63, 3.8) is 0 Å². The van der Waals surface area contributed by atoms with Gasteiger partial charge in [0.05, 0.1) is 18.0 Å². The van der Waals surface area contributed by atoms with Crippen LogP contribution in [0.5, 0.6) is 5.75 Å². The maximum Gasteiger partial charge on any atom is 0.259 e. The molecule has 9 nitrogen and oxygen atoms in total. The van der Waals surface area contributed by atoms with Gasteiger partial charge in [0.25, 0.3) is 5.91 Å². The molecule has 5 rings (SSSR count). The summed E-state index contributed by atoms with van der Waals surface area (Å²) < 4.78 is 5.36. The number of hydrogen-bond acceptors (Lipinski definition) is 7. The number of para-hydroxylation sites is 2. The average molecular weight is 598 g/mol. The van der Waals surface area contributed by atoms with Gasteiger partial charge in [0.1, 0.15) is 17.6 Å². The van der Waals surface area contributed by atoms with Crippen LogP contribution in [0.15, 0.2) is 82.8 Å². The summed E-state index contributed by atoms with van der Waals surface area (Å²) in [4.78, 5) is 50.6. The molecule has 2 unspecified atom stereocenters. The molecule has 2 atom stereocenters. The molecule has 3 aromatic rings. The van der Waals surface area contributed by atoms with E-state index < -0.39 is 11.3 Å². The Morgan fingerprint density at radius 2 is 1.74 bits per heavy atom. The summed E-state index contributed by atoms with van der Waals surface area (Å²) in [5.41, 5.74) is 4.49. The SMILES string of the molecule is CCC(SC1=Nc2ccccc2C2=NC(CCC(=O)NCc3ccccc3OC)C(=O)N12)C(=O)NCc1ccc(C)cc1. The summed E-state index contributed by atoms with van der Waals surface area (Å²) in [7, 11) is 1.59. The van der Waals surface area contributed by atoms with E-state index in [1.165, 1.54) is 16.7 Å². The first-order valence-corrected chi connectivity index (χ1v) is 15.2. The highest BCUT2D eigenvalue weighted by Gasteiger charge is 2.42. The fourth-order valence-corrected chi connectivity index (χ4v) is 5.97. The van der Waals surface area contributed by atoms with Gasteiger partial charge in [-0.05, 0) is 43.5 Å². The zero-order chi connectivity index (χ0) is 30.3. The lowest BCUT2D eigenvalue weighted by Crippen LogP contribution is -2.43. The average Bonchev–Trinajstić information content (AvgIpc) is 3.37. The molecular weight excluding hydrogens is 562 g/mol. The number of carbonyl (C=O) groups is 3. The molecule has 10 heteroatoms. The van der Waals surface area contributed by atoms with Crippen molar-refractivity contribution in [3.05, 3.63) is 95.1 Å². The van der Waals surface area contributed by atoms with E-state index in [1.807, 2.05) is 86.6 Å². The van der Waals surface area contributed by atoms with Crippen LogP contribution >= 0.6 is 11.8 Å². The summed E-state index contributed by atoms with van der Waals surface area (Å²) in [6, 6.07) is 22.3. The Kier molecular flexibility index (Phi) is 9.56. The summed E-state index contributed by atoms with van der Waals surface area (Å²) in [6.45, 7) is 4.71. The molecule has 0 bridgehead atoms. The van der Waals surface area contributed by atoms with Crippen LogP contribution in [0, 0.1) is 6.92 Å². The van der Waals surface area contributed by atoms with Crippen molar-refractivity contribution in [2.45, 2.75) is 57.5 Å². The molecule has 43 heavy (non-hydrogen) atoms. The summed E-state index contributed by atoms with van der Waals surface area (Å²) in [5.74, 6) is 0.664. The number of aliphatic imine (C=N–C) groups is 2. The van der Waals surface area contributed by atoms with Crippen LogP contribution in [-0.4, -0.2) is 52.0 Å². The Bertz CT molecular complexity index is 1570. The molecule has 2 heterocycles. The lowest BCUT2D eigenvalue weighted by molar-refractivity contribution is -0.125. The van der Waals surface area contributed by atoms with Crippen LogP contribution in [0.4, 0.5) is 5.69 Å². The van der Waals surface area contributed by atoms with Crippen molar-refractivity contribution in [3.8, 4) is 5.75 Å². The van der Waals surface area contributed by atoms with Crippen molar-refractivity contribution < 1.29 is 19.1 Å². The predicted molar refractivity (Wildman–Crippen MR) is 169 cm³/mol. The molecule has 0 spiro atoms. The molecule has 0 saturated heterocycles.